The Morgan fingerprint density at radius 1 is 1.18 bits per heavy atom. The Hall–Kier alpha value is -2.56. The molecule has 5 nitrogen and oxygen atoms in total. The van der Waals surface area contributed by atoms with Crippen molar-refractivity contribution in [2.75, 3.05) is 5.73 Å². The predicted octanol–water partition coefficient (Wildman–Crippen LogP) is 3.08. The van der Waals surface area contributed by atoms with E-state index in [0.717, 1.165) is 0 Å². The average molecular weight is 228 g/mol. The van der Waals surface area contributed by atoms with Crippen LogP contribution in [0.3, 0.4) is 0 Å². The second kappa shape index (κ2) is 3.21. The third kappa shape index (κ3) is 1.25. The van der Waals surface area contributed by atoms with Crippen molar-refractivity contribution in [3.8, 4) is 0 Å². The fourth-order valence-electron chi connectivity index (χ4n) is 1.98. The highest BCUT2D eigenvalue weighted by molar-refractivity contribution is 6.13. The maximum Gasteiger partial charge on any atom is 0.281 e. The lowest BCUT2D eigenvalue weighted by atomic mass is 10.1. The molecule has 0 atom stereocenters. The van der Waals surface area contributed by atoms with E-state index in [1.807, 2.05) is 12.1 Å². The molecule has 0 fully saturated rings. The van der Waals surface area contributed by atoms with Gasteiger partial charge in [0.25, 0.3) is 5.69 Å². The van der Waals surface area contributed by atoms with Gasteiger partial charge in [-0.2, -0.15) is 0 Å². The Morgan fingerprint density at radius 2 is 1.94 bits per heavy atom. The summed E-state index contributed by atoms with van der Waals surface area (Å²) in [7, 11) is 0. The van der Waals surface area contributed by atoms with Gasteiger partial charge in [-0.3, -0.25) is 10.1 Å². The van der Waals surface area contributed by atoms with E-state index in [2.05, 4.69) is 0 Å². The minimum atomic E-state index is -0.427. The molecule has 17 heavy (non-hydrogen) atoms. The van der Waals surface area contributed by atoms with Crippen LogP contribution in [0.25, 0.3) is 21.9 Å². The van der Waals surface area contributed by atoms with Gasteiger partial charge in [-0.25, -0.2) is 0 Å². The number of benzene rings is 2. The van der Waals surface area contributed by atoms with Crippen LogP contribution in [0.15, 0.2) is 40.8 Å². The Bertz CT molecular complexity index is 746. The zero-order chi connectivity index (χ0) is 12.0. The number of furan rings is 1. The minimum Gasteiger partial charge on any atom is -0.454 e. The lowest BCUT2D eigenvalue weighted by molar-refractivity contribution is -0.383. The lowest BCUT2D eigenvalue weighted by Crippen LogP contribution is -1.91. The number of para-hydroxylation sites is 1. The molecule has 0 radical (unpaired) electrons. The summed E-state index contributed by atoms with van der Waals surface area (Å²) in [5, 5.41) is 12.2. The average Bonchev–Trinajstić information content (AvgIpc) is 2.69. The Kier molecular flexibility index (Phi) is 1.82. The van der Waals surface area contributed by atoms with Gasteiger partial charge in [-0.05, 0) is 12.1 Å². The fraction of sp³-hybridized carbons (Fsp3) is 0. The first-order valence-corrected chi connectivity index (χ1v) is 5.02. The molecule has 0 saturated carbocycles. The first kappa shape index (κ1) is 9.65. The lowest BCUT2D eigenvalue weighted by Gasteiger charge is -1.96. The number of non-ortho nitro benzene ring substituents is 1. The van der Waals surface area contributed by atoms with E-state index in [-0.39, 0.29) is 5.69 Å². The van der Waals surface area contributed by atoms with Gasteiger partial charge in [-0.15, -0.1) is 0 Å². The molecule has 1 aromatic heterocycles. The van der Waals surface area contributed by atoms with Gasteiger partial charge in [0.05, 0.1) is 10.6 Å². The third-order valence-corrected chi connectivity index (χ3v) is 2.73. The number of anilines is 1. The van der Waals surface area contributed by atoms with Crippen LogP contribution in [0.4, 0.5) is 11.4 Å². The normalized spacial score (nSPS) is 11.1. The standard InChI is InChI=1S/C12H8N2O3/c13-8-5-6-9(14(15)16)11-7-3-1-2-4-10(7)17-12(8)11/h1-6H,13H2. The topological polar surface area (TPSA) is 82.3 Å². The van der Waals surface area contributed by atoms with Crippen LogP contribution >= 0.6 is 0 Å². The van der Waals surface area contributed by atoms with E-state index in [1.165, 1.54) is 12.1 Å². The van der Waals surface area contributed by atoms with Crippen LogP contribution in [-0.2, 0) is 0 Å². The summed E-state index contributed by atoms with van der Waals surface area (Å²) in [6, 6.07) is 10.1. The zero-order valence-corrected chi connectivity index (χ0v) is 8.71. The molecule has 0 saturated heterocycles. The highest BCUT2D eigenvalue weighted by Crippen LogP contribution is 2.37. The molecule has 2 aromatic carbocycles. The predicted molar refractivity (Wildman–Crippen MR) is 64.8 cm³/mol. The molecule has 0 aliphatic heterocycles. The molecule has 0 amide bonds. The number of nitro groups is 1. The number of hydrogen-bond acceptors (Lipinski definition) is 4. The summed E-state index contributed by atoms with van der Waals surface area (Å²) >= 11 is 0. The van der Waals surface area contributed by atoms with Crippen LogP contribution in [-0.4, -0.2) is 4.92 Å². The SMILES string of the molecule is Nc1ccc([N+](=O)[O-])c2c1oc1ccccc12. The highest BCUT2D eigenvalue weighted by atomic mass is 16.6. The van der Waals surface area contributed by atoms with Crippen molar-refractivity contribution in [2.45, 2.75) is 0 Å². The van der Waals surface area contributed by atoms with Crippen LogP contribution < -0.4 is 5.73 Å². The fourth-order valence-corrected chi connectivity index (χ4v) is 1.98. The molecule has 0 aliphatic carbocycles. The molecular weight excluding hydrogens is 220 g/mol. The smallest absolute Gasteiger partial charge is 0.281 e. The van der Waals surface area contributed by atoms with Crippen LogP contribution in [0, 0.1) is 10.1 Å². The maximum atomic E-state index is 11.0. The third-order valence-electron chi connectivity index (χ3n) is 2.73. The van der Waals surface area contributed by atoms with Crippen molar-refractivity contribution >= 4 is 33.3 Å². The van der Waals surface area contributed by atoms with Gasteiger partial charge < -0.3 is 10.2 Å². The summed E-state index contributed by atoms with van der Waals surface area (Å²) in [5.74, 6) is 0. The Balaban J connectivity index is 2.60. The second-order valence-corrected chi connectivity index (χ2v) is 3.73. The molecule has 0 bridgehead atoms. The van der Waals surface area contributed by atoms with Crippen molar-refractivity contribution in [1.29, 1.82) is 0 Å². The largest absolute Gasteiger partial charge is 0.454 e. The van der Waals surface area contributed by atoms with Gasteiger partial charge >= 0.3 is 0 Å². The van der Waals surface area contributed by atoms with Gasteiger partial charge in [0.15, 0.2) is 5.58 Å². The summed E-state index contributed by atoms with van der Waals surface area (Å²) in [5.41, 5.74) is 7.17. The molecule has 0 aliphatic rings. The van der Waals surface area contributed by atoms with Crippen molar-refractivity contribution in [1.82, 2.24) is 0 Å². The summed E-state index contributed by atoms with van der Waals surface area (Å²) in [4.78, 5) is 10.6. The van der Waals surface area contributed by atoms with E-state index in [9.17, 15) is 10.1 Å². The molecule has 84 valence electrons. The Morgan fingerprint density at radius 3 is 2.71 bits per heavy atom. The van der Waals surface area contributed by atoms with E-state index in [0.29, 0.717) is 27.6 Å². The molecule has 3 rings (SSSR count). The summed E-state index contributed by atoms with van der Waals surface area (Å²) in [6.45, 7) is 0. The monoisotopic (exact) mass is 228 g/mol. The number of hydrogen-bond donors (Lipinski definition) is 1. The molecule has 0 unspecified atom stereocenters. The maximum absolute atomic E-state index is 11.0. The first-order valence-electron chi connectivity index (χ1n) is 5.02. The minimum absolute atomic E-state index is 0.0131. The van der Waals surface area contributed by atoms with Gasteiger partial charge in [0, 0.05) is 11.5 Å². The number of rotatable bonds is 1. The zero-order valence-electron chi connectivity index (χ0n) is 8.71. The van der Waals surface area contributed by atoms with E-state index < -0.39 is 4.92 Å². The van der Waals surface area contributed by atoms with Gasteiger partial charge in [-0.1, -0.05) is 18.2 Å². The molecule has 1 heterocycles. The number of nitrogens with zero attached hydrogens (tertiary/aromatic N) is 1. The van der Waals surface area contributed by atoms with Crippen molar-refractivity contribution < 1.29 is 9.34 Å². The van der Waals surface area contributed by atoms with E-state index in [4.69, 9.17) is 10.2 Å². The molecule has 5 heteroatoms. The van der Waals surface area contributed by atoms with Crippen molar-refractivity contribution in [2.24, 2.45) is 0 Å². The van der Waals surface area contributed by atoms with Gasteiger partial charge in [0.1, 0.15) is 11.0 Å². The number of nitrogen functional groups attached to an aromatic ring is 1. The number of nitro benzene ring substituents is 1. The Labute approximate surface area is 95.6 Å². The van der Waals surface area contributed by atoms with Crippen LogP contribution in [0.1, 0.15) is 0 Å². The second-order valence-electron chi connectivity index (χ2n) is 3.73. The quantitative estimate of drug-likeness (QED) is 0.394. The number of fused-ring (bicyclic) bond motifs is 3. The summed E-state index contributed by atoms with van der Waals surface area (Å²) < 4.78 is 5.54. The van der Waals surface area contributed by atoms with E-state index >= 15 is 0 Å². The summed E-state index contributed by atoms with van der Waals surface area (Å²) in [6.07, 6.45) is 0. The van der Waals surface area contributed by atoms with Crippen molar-refractivity contribution in [3.63, 3.8) is 0 Å². The molecule has 2 N–H and O–H groups in total. The highest BCUT2D eigenvalue weighted by Gasteiger charge is 2.19. The van der Waals surface area contributed by atoms with Crippen molar-refractivity contribution in [3.05, 3.63) is 46.5 Å². The number of nitrogens with two attached hydrogens (primary N) is 1. The van der Waals surface area contributed by atoms with Crippen LogP contribution in [0.5, 0.6) is 0 Å². The first-order chi connectivity index (χ1) is 8.18. The van der Waals surface area contributed by atoms with Gasteiger partial charge in [0.2, 0.25) is 0 Å². The molecule has 0 spiro atoms. The van der Waals surface area contributed by atoms with E-state index in [1.54, 1.807) is 12.1 Å². The van der Waals surface area contributed by atoms with Crippen LogP contribution in [0.2, 0.25) is 0 Å². The molecule has 3 aromatic rings. The molecular formula is C12H8N2O3.